The summed E-state index contributed by atoms with van der Waals surface area (Å²) >= 11 is 0. The van der Waals surface area contributed by atoms with Crippen LogP contribution in [-0.2, 0) is 6.42 Å². The quantitative estimate of drug-likeness (QED) is 0.790. The molecule has 1 fully saturated rings. The van der Waals surface area contributed by atoms with E-state index in [4.69, 9.17) is 10.2 Å². The van der Waals surface area contributed by atoms with E-state index in [0.29, 0.717) is 19.3 Å². The van der Waals surface area contributed by atoms with Crippen LogP contribution >= 0.6 is 0 Å². The van der Waals surface area contributed by atoms with Crippen molar-refractivity contribution in [2.45, 2.75) is 43.8 Å². The summed E-state index contributed by atoms with van der Waals surface area (Å²) in [5.74, 6) is 0.739. The highest BCUT2D eigenvalue weighted by Crippen LogP contribution is 2.34. The van der Waals surface area contributed by atoms with Crippen molar-refractivity contribution >= 4 is 0 Å². The molecule has 2 rings (SSSR count). The molecule has 1 aliphatic carbocycles. The van der Waals surface area contributed by atoms with Crippen LogP contribution in [0.4, 0.5) is 4.39 Å². The molecule has 0 radical (unpaired) electrons. The predicted molar refractivity (Wildman–Crippen MR) is 52.7 cm³/mol. The molecule has 0 unspecified atom stereocenters. The number of halogens is 1. The molecule has 0 spiro atoms. The molecule has 0 saturated heterocycles. The van der Waals surface area contributed by atoms with E-state index < -0.39 is 5.67 Å². The molecular weight excluding hydrogens is 181 g/mol. The third kappa shape index (κ3) is 2.15. The standard InChI is InChI=1S/C11H16FNO/c12-11(5-3-9(13)4-6-11)8-10-2-1-7-14-10/h1-2,7,9H,3-6,8,13H2. The number of rotatable bonds is 2. The van der Waals surface area contributed by atoms with Crippen molar-refractivity contribution in [2.24, 2.45) is 5.73 Å². The third-order valence-electron chi connectivity index (χ3n) is 3.00. The van der Waals surface area contributed by atoms with Crippen molar-refractivity contribution in [1.82, 2.24) is 0 Å². The number of furan rings is 1. The molecule has 1 aromatic rings. The maximum atomic E-state index is 14.2. The summed E-state index contributed by atoms with van der Waals surface area (Å²) in [6.07, 6.45) is 4.69. The van der Waals surface area contributed by atoms with Crippen LogP contribution in [0.3, 0.4) is 0 Å². The lowest BCUT2D eigenvalue weighted by atomic mass is 9.81. The molecule has 2 N–H and O–H groups in total. The van der Waals surface area contributed by atoms with Crippen LogP contribution in [0.5, 0.6) is 0 Å². The van der Waals surface area contributed by atoms with E-state index in [0.717, 1.165) is 18.6 Å². The van der Waals surface area contributed by atoms with Gasteiger partial charge in [0.05, 0.1) is 6.26 Å². The average molecular weight is 197 g/mol. The van der Waals surface area contributed by atoms with Crippen LogP contribution < -0.4 is 5.73 Å². The first kappa shape index (κ1) is 9.71. The van der Waals surface area contributed by atoms with E-state index in [9.17, 15) is 4.39 Å². The smallest absolute Gasteiger partial charge is 0.118 e. The third-order valence-corrected chi connectivity index (χ3v) is 3.00. The monoisotopic (exact) mass is 197 g/mol. The summed E-state index contributed by atoms with van der Waals surface area (Å²) in [7, 11) is 0. The molecule has 1 aliphatic rings. The molecule has 1 aromatic heterocycles. The molecule has 0 bridgehead atoms. The Morgan fingerprint density at radius 2 is 2.21 bits per heavy atom. The van der Waals surface area contributed by atoms with Crippen molar-refractivity contribution < 1.29 is 8.81 Å². The second-order valence-electron chi connectivity index (χ2n) is 4.24. The van der Waals surface area contributed by atoms with E-state index in [1.807, 2.05) is 6.07 Å². The minimum absolute atomic E-state index is 0.190. The van der Waals surface area contributed by atoms with E-state index >= 15 is 0 Å². The number of nitrogens with two attached hydrogens (primary N) is 1. The van der Waals surface area contributed by atoms with Crippen molar-refractivity contribution in [3.8, 4) is 0 Å². The van der Waals surface area contributed by atoms with Gasteiger partial charge in [-0.15, -0.1) is 0 Å². The first-order valence-corrected chi connectivity index (χ1v) is 5.15. The van der Waals surface area contributed by atoms with Crippen LogP contribution in [-0.4, -0.2) is 11.7 Å². The first-order chi connectivity index (χ1) is 6.68. The molecule has 1 saturated carbocycles. The predicted octanol–water partition coefficient (Wildman–Crippen LogP) is 2.43. The lowest BCUT2D eigenvalue weighted by Crippen LogP contribution is -2.37. The highest BCUT2D eigenvalue weighted by Gasteiger charge is 2.35. The molecule has 0 aliphatic heterocycles. The summed E-state index contributed by atoms with van der Waals surface area (Å²) in [6, 6.07) is 3.82. The van der Waals surface area contributed by atoms with Gasteiger partial charge in [0.25, 0.3) is 0 Å². The summed E-state index contributed by atoms with van der Waals surface area (Å²) in [6.45, 7) is 0. The Bertz CT molecular complexity index is 275. The van der Waals surface area contributed by atoms with Gasteiger partial charge < -0.3 is 10.2 Å². The van der Waals surface area contributed by atoms with E-state index in [1.54, 1.807) is 12.3 Å². The van der Waals surface area contributed by atoms with Crippen molar-refractivity contribution in [3.05, 3.63) is 24.2 Å². The van der Waals surface area contributed by atoms with Crippen molar-refractivity contribution in [1.29, 1.82) is 0 Å². The molecule has 14 heavy (non-hydrogen) atoms. The Morgan fingerprint density at radius 3 is 2.79 bits per heavy atom. The van der Waals surface area contributed by atoms with Crippen LogP contribution in [0.2, 0.25) is 0 Å². The van der Waals surface area contributed by atoms with E-state index in [-0.39, 0.29) is 6.04 Å². The van der Waals surface area contributed by atoms with E-state index in [1.165, 1.54) is 0 Å². The molecule has 78 valence electrons. The molecule has 2 nitrogen and oxygen atoms in total. The minimum Gasteiger partial charge on any atom is -0.469 e. The normalized spacial score (nSPS) is 33.1. The van der Waals surface area contributed by atoms with Gasteiger partial charge in [-0.05, 0) is 37.8 Å². The molecular formula is C11H16FNO. The second-order valence-corrected chi connectivity index (χ2v) is 4.24. The van der Waals surface area contributed by atoms with Gasteiger partial charge in [0.2, 0.25) is 0 Å². The molecule has 1 heterocycles. The van der Waals surface area contributed by atoms with Crippen molar-refractivity contribution in [3.63, 3.8) is 0 Å². The number of hydrogen-bond donors (Lipinski definition) is 1. The van der Waals surface area contributed by atoms with Gasteiger partial charge in [0.15, 0.2) is 0 Å². The maximum absolute atomic E-state index is 14.2. The van der Waals surface area contributed by atoms with E-state index in [2.05, 4.69) is 0 Å². The Labute approximate surface area is 83.3 Å². The van der Waals surface area contributed by atoms with Gasteiger partial charge >= 0.3 is 0 Å². The van der Waals surface area contributed by atoms with Crippen LogP contribution in [0.15, 0.2) is 22.8 Å². The summed E-state index contributed by atoms with van der Waals surface area (Å²) in [5, 5.41) is 0. The largest absolute Gasteiger partial charge is 0.469 e. The van der Waals surface area contributed by atoms with Crippen LogP contribution in [0.25, 0.3) is 0 Å². The summed E-state index contributed by atoms with van der Waals surface area (Å²) < 4.78 is 19.4. The first-order valence-electron chi connectivity index (χ1n) is 5.15. The minimum atomic E-state index is -1.09. The highest BCUT2D eigenvalue weighted by atomic mass is 19.1. The highest BCUT2D eigenvalue weighted by molar-refractivity contribution is 5.04. The van der Waals surface area contributed by atoms with Crippen LogP contribution in [0.1, 0.15) is 31.4 Å². The number of alkyl halides is 1. The zero-order chi connectivity index (χ0) is 10.0. The Hall–Kier alpha value is -0.830. The van der Waals surface area contributed by atoms with Gasteiger partial charge in [-0.3, -0.25) is 0 Å². The lowest BCUT2D eigenvalue weighted by Gasteiger charge is -2.31. The topological polar surface area (TPSA) is 39.2 Å². The van der Waals surface area contributed by atoms with Crippen LogP contribution in [0, 0.1) is 0 Å². The summed E-state index contributed by atoms with van der Waals surface area (Å²) in [4.78, 5) is 0. The maximum Gasteiger partial charge on any atom is 0.118 e. The summed E-state index contributed by atoms with van der Waals surface area (Å²) in [5.41, 5.74) is 4.65. The van der Waals surface area contributed by atoms with Gasteiger partial charge in [-0.25, -0.2) is 4.39 Å². The van der Waals surface area contributed by atoms with Gasteiger partial charge in [-0.2, -0.15) is 0 Å². The Morgan fingerprint density at radius 1 is 1.50 bits per heavy atom. The fraction of sp³-hybridized carbons (Fsp3) is 0.636. The zero-order valence-electron chi connectivity index (χ0n) is 8.21. The molecule has 0 aromatic carbocycles. The van der Waals surface area contributed by atoms with Gasteiger partial charge in [0, 0.05) is 12.5 Å². The molecule has 0 atom stereocenters. The van der Waals surface area contributed by atoms with Crippen molar-refractivity contribution in [2.75, 3.05) is 0 Å². The Balaban J connectivity index is 1.96. The fourth-order valence-corrected chi connectivity index (χ4v) is 2.06. The average Bonchev–Trinajstić information content (AvgIpc) is 2.63. The van der Waals surface area contributed by atoms with Gasteiger partial charge in [0.1, 0.15) is 11.4 Å². The fourth-order valence-electron chi connectivity index (χ4n) is 2.06. The SMILES string of the molecule is NC1CCC(F)(Cc2ccco2)CC1. The second kappa shape index (κ2) is 3.73. The molecule has 0 amide bonds. The zero-order valence-corrected chi connectivity index (χ0v) is 8.21. The Kier molecular flexibility index (Phi) is 2.59. The van der Waals surface area contributed by atoms with Gasteiger partial charge in [-0.1, -0.05) is 0 Å². The number of hydrogen-bond acceptors (Lipinski definition) is 2. The molecule has 3 heteroatoms. The lowest BCUT2D eigenvalue weighted by molar-refractivity contribution is 0.0932.